The van der Waals surface area contributed by atoms with Crippen molar-refractivity contribution in [1.29, 1.82) is 5.26 Å². The highest BCUT2D eigenvalue weighted by atomic mass is 16.5. The molecule has 1 aromatic carbocycles. The van der Waals surface area contributed by atoms with Crippen LogP contribution in [0.15, 0.2) is 18.2 Å². The van der Waals surface area contributed by atoms with E-state index < -0.39 is 5.60 Å². The molecule has 0 aliphatic rings. The molecule has 0 spiro atoms. The van der Waals surface area contributed by atoms with Gasteiger partial charge in [0.15, 0.2) is 0 Å². The average molecular weight is 233 g/mol. The van der Waals surface area contributed by atoms with Crippen LogP contribution in [0.5, 0.6) is 5.75 Å². The predicted octanol–water partition coefficient (Wildman–Crippen LogP) is 2.80. The predicted molar refractivity (Wildman–Crippen MR) is 66.9 cm³/mol. The summed E-state index contributed by atoms with van der Waals surface area (Å²) >= 11 is 0. The van der Waals surface area contributed by atoms with Crippen LogP contribution in [0.4, 0.5) is 0 Å². The molecule has 0 fully saturated rings. The first kappa shape index (κ1) is 13.5. The average Bonchev–Trinajstić information content (AvgIpc) is 2.37. The lowest BCUT2D eigenvalue weighted by molar-refractivity contribution is -0.0115. The van der Waals surface area contributed by atoms with Gasteiger partial charge in [-0.05, 0) is 37.5 Å². The van der Waals surface area contributed by atoms with E-state index in [2.05, 4.69) is 6.07 Å². The molecular weight excluding hydrogens is 214 g/mol. The monoisotopic (exact) mass is 233 g/mol. The SMILES string of the molecule is CCC(O)(CC)COc1cc(C#N)ccc1C. The Morgan fingerprint density at radius 2 is 2.00 bits per heavy atom. The second-order valence-corrected chi connectivity index (χ2v) is 4.31. The molecule has 1 rings (SSSR count). The summed E-state index contributed by atoms with van der Waals surface area (Å²) in [5, 5.41) is 18.9. The van der Waals surface area contributed by atoms with Gasteiger partial charge in [0, 0.05) is 0 Å². The van der Waals surface area contributed by atoms with Crippen molar-refractivity contribution in [1.82, 2.24) is 0 Å². The molecule has 0 unspecified atom stereocenters. The standard InChI is InChI=1S/C14H19NO2/c1-4-14(16,5-2)10-17-13-8-12(9-15)7-6-11(13)3/h6-8,16H,4-5,10H2,1-3H3. The molecule has 0 saturated heterocycles. The highest BCUT2D eigenvalue weighted by molar-refractivity contribution is 5.41. The summed E-state index contributed by atoms with van der Waals surface area (Å²) in [5.74, 6) is 0.671. The minimum atomic E-state index is -0.783. The van der Waals surface area contributed by atoms with Crippen LogP contribution in [0, 0.1) is 18.3 Å². The molecule has 0 saturated carbocycles. The number of nitriles is 1. The van der Waals surface area contributed by atoms with Gasteiger partial charge in [-0.15, -0.1) is 0 Å². The fraction of sp³-hybridized carbons (Fsp3) is 0.500. The highest BCUT2D eigenvalue weighted by Crippen LogP contribution is 2.22. The van der Waals surface area contributed by atoms with Crippen LogP contribution >= 0.6 is 0 Å². The summed E-state index contributed by atoms with van der Waals surface area (Å²) in [6, 6.07) is 7.40. The van der Waals surface area contributed by atoms with Gasteiger partial charge < -0.3 is 9.84 Å². The number of hydrogen-bond acceptors (Lipinski definition) is 3. The molecule has 0 aliphatic heterocycles. The molecule has 92 valence electrons. The summed E-state index contributed by atoms with van der Waals surface area (Å²) in [5.41, 5.74) is 0.760. The zero-order chi connectivity index (χ0) is 12.9. The highest BCUT2D eigenvalue weighted by Gasteiger charge is 2.23. The van der Waals surface area contributed by atoms with Crippen molar-refractivity contribution in [3.8, 4) is 11.8 Å². The fourth-order valence-corrected chi connectivity index (χ4v) is 1.49. The van der Waals surface area contributed by atoms with E-state index in [9.17, 15) is 5.11 Å². The van der Waals surface area contributed by atoms with Crippen LogP contribution in [0.25, 0.3) is 0 Å². The maximum absolute atomic E-state index is 10.1. The minimum Gasteiger partial charge on any atom is -0.490 e. The van der Waals surface area contributed by atoms with E-state index in [1.54, 1.807) is 12.1 Å². The molecule has 0 aromatic heterocycles. The van der Waals surface area contributed by atoms with Crippen molar-refractivity contribution >= 4 is 0 Å². The Morgan fingerprint density at radius 1 is 1.35 bits per heavy atom. The third-order valence-corrected chi connectivity index (χ3v) is 3.13. The molecule has 1 aromatic rings. The topological polar surface area (TPSA) is 53.2 Å². The number of rotatable bonds is 5. The van der Waals surface area contributed by atoms with Gasteiger partial charge >= 0.3 is 0 Å². The van der Waals surface area contributed by atoms with Crippen molar-refractivity contribution < 1.29 is 9.84 Å². The van der Waals surface area contributed by atoms with Crippen molar-refractivity contribution in [3.05, 3.63) is 29.3 Å². The zero-order valence-electron chi connectivity index (χ0n) is 10.7. The fourth-order valence-electron chi connectivity index (χ4n) is 1.49. The van der Waals surface area contributed by atoms with Gasteiger partial charge in [-0.3, -0.25) is 0 Å². The number of benzene rings is 1. The van der Waals surface area contributed by atoms with E-state index >= 15 is 0 Å². The summed E-state index contributed by atoms with van der Waals surface area (Å²) in [7, 11) is 0. The van der Waals surface area contributed by atoms with Gasteiger partial charge in [0.1, 0.15) is 12.4 Å². The van der Waals surface area contributed by atoms with E-state index in [1.807, 2.05) is 26.8 Å². The smallest absolute Gasteiger partial charge is 0.123 e. The maximum Gasteiger partial charge on any atom is 0.123 e. The first-order valence-corrected chi connectivity index (χ1v) is 5.90. The normalized spacial score (nSPS) is 11.0. The summed E-state index contributed by atoms with van der Waals surface area (Å²) in [6.07, 6.45) is 1.31. The van der Waals surface area contributed by atoms with E-state index in [-0.39, 0.29) is 6.61 Å². The van der Waals surface area contributed by atoms with Crippen LogP contribution in [0.2, 0.25) is 0 Å². The Hall–Kier alpha value is -1.53. The molecule has 0 heterocycles. The summed E-state index contributed by atoms with van der Waals surface area (Å²) in [4.78, 5) is 0. The van der Waals surface area contributed by atoms with Crippen LogP contribution in [0.1, 0.15) is 37.8 Å². The molecule has 1 N–H and O–H groups in total. The van der Waals surface area contributed by atoms with Gasteiger partial charge in [-0.2, -0.15) is 5.26 Å². The number of aliphatic hydroxyl groups is 1. The molecular formula is C14H19NO2. The van der Waals surface area contributed by atoms with Crippen molar-refractivity contribution in [2.45, 2.75) is 39.2 Å². The van der Waals surface area contributed by atoms with Gasteiger partial charge in [0.2, 0.25) is 0 Å². The van der Waals surface area contributed by atoms with Gasteiger partial charge in [-0.1, -0.05) is 19.9 Å². The number of aryl methyl sites for hydroxylation is 1. The largest absolute Gasteiger partial charge is 0.490 e. The second-order valence-electron chi connectivity index (χ2n) is 4.31. The third-order valence-electron chi connectivity index (χ3n) is 3.13. The van der Waals surface area contributed by atoms with E-state index in [0.29, 0.717) is 24.2 Å². The van der Waals surface area contributed by atoms with Crippen LogP contribution in [-0.4, -0.2) is 17.3 Å². The Bertz CT molecular complexity index is 417. The molecule has 0 atom stereocenters. The van der Waals surface area contributed by atoms with Gasteiger partial charge in [0.25, 0.3) is 0 Å². The maximum atomic E-state index is 10.1. The lowest BCUT2D eigenvalue weighted by Gasteiger charge is -2.25. The van der Waals surface area contributed by atoms with E-state index in [1.165, 1.54) is 0 Å². The van der Waals surface area contributed by atoms with E-state index in [0.717, 1.165) is 5.56 Å². The quantitative estimate of drug-likeness (QED) is 0.850. The Balaban J connectivity index is 2.79. The molecule has 0 radical (unpaired) electrons. The third kappa shape index (κ3) is 3.47. The summed E-state index contributed by atoms with van der Waals surface area (Å²) in [6.45, 7) is 6.06. The van der Waals surface area contributed by atoms with Crippen LogP contribution < -0.4 is 4.74 Å². The molecule has 0 amide bonds. The summed E-state index contributed by atoms with van der Waals surface area (Å²) < 4.78 is 5.63. The molecule has 3 nitrogen and oxygen atoms in total. The Kier molecular flexibility index (Phi) is 4.53. The van der Waals surface area contributed by atoms with E-state index in [4.69, 9.17) is 10.00 Å². The van der Waals surface area contributed by atoms with Crippen molar-refractivity contribution in [2.24, 2.45) is 0 Å². The number of nitrogens with zero attached hydrogens (tertiary/aromatic N) is 1. The van der Waals surface area contributed by atoms with Crippen molar-refractivity contribution in [3.63, 3.8) is 0 Å². The zero-order valence-corrected chi connectivity index (χ0v) is 10.7. The Labute approximate surface area is 103 Å². The first-order chi connectivity index (χ1) is 8.04. The first-order valence-electron chi connectivity index (χ1n) is 5.90. The number of ether oxygens (including phenoxy) is 1. The lowest BCUT2D eigenvalue weighted by atomic mass is 9.99. The van der Waals surface area contributed by atoms with Crippen LogP contribution in [0.3, 0.4) is 0 Å². The minimum absolute atomic E-state index is 0.260. The second kappa shape index (κ2) is 5.70. The van der Waals surface area contributed by atoms with Crippen LogP contribution in [-0.2, 0) is 0 Å². The molecule has 3 heteroatoms. The number of hydrogen-bond donors (Lipinski definition) is 1. The molecule has 0 aliphatic carbocycles. The molecule has 17 heavy (non-hydrogen) atoms. The van der Waals surface area contributed by atoms with Gasteiger partial charge in [0.05, 0.1) is 17.2 Å². The van der Waals surface area contributed by atoms with Gasteiger partial charge in [-0.25, -0.2) is 0 Å². The molecule has 0 bridgehead atoms. The van der Waals surface area contributed by atoms with Crippen molar-refractivity contribution in [2.75, 3.05) is 6.61 Å². The lowest BCUT2D eigenvalue weighted by Crippen LogP contribution is -2.34. The Morgan fingerprint density at radius 3 is 2.53 bits per heavy atom.